The summed E-state index contributed by atoms with van der Waals surface area (Å²) in [7, 11) is 3.20. The summed E-state index contributed by atoms with van der Waals surface area (Å²) in [5.41, 5.74) is 6.54. The lowest BCUT2D eigenvalue weighted by atomic mass is 10.00. The second-order valence-electron chi connectivity index (χ2n) is 12.7. The van der Waals surface area contributed by atoms with Crippen LogP contribution in [0.1, 0.15) is 36.9 Å². The number of hydrogen-bond donors (Lipinski definition) is 4. The largest absolute Gasteiger partial charge is 0.493 e. The molecule has 1 aromatic carbocycles. The number of carbonyl (C=O) groups excluding carboxylic acids is 2. The fourth-order valence-electron chi connectivity index (χ4n) is 6.62. The van der Waals surface area contributed by atoms with Gasteiger partial charge in [0.25, 0.3) is 0 Å². The highest BCUT2D eigenvalue weighted by molar-refractivity contribution is 6.39. The maximum atomic E-state index is 11.5. The molecule has 51 heavy (non-hydrogen) atoms. The maximum Gasteiger partial charge on any atom is 0.220 e. The van der Waals surface area contributed by atoms with E-state index < -0.39 is 0 Å². The van der Waals surface area contributed by atoms with Crippen molar-refractivity contribution >= 4 is 40.7 Å². The number of imidazole rings is 1. The van der Waals surface area contributed by atoms with Crippen molar-refractivity contribution in [2.75, 3.05) is 27.3 Å². The van der Waals surface area contributed by atoms with Gasteiger partial charge in [-0.1, -0.05) is 47.5 Å². The van der Waals surface area contributed by atoms with E-state index >= 15 is 0 Å². The number of halogens is 2. The molecule has 7 rings (SSSR count). The Bertz CT molecular complexity index is 2110. The third-order valence-corrected chi connectivity index (χ3v) is 10.0. The second kappa shape index (κ2) is 15.2. The lowest BCUT2D eigenvalue weighted by Gasteiger charge is -2.15. The van der Waals surface area contributed by atoms with Gasteiger partial charge in [0, 0.05) is 97.5 Å². The predicted octanol–water partition coefficient (Wildman–Crippen LogP) is 5.19. The molecule has 4 N–H and O–H groups in total. The van der Waals surface area contributed by atoms with Crippen LogP contribution in [0.3, 0.4) is 0 Å². The molecule has 264 valence electrons. The average molecular weight is 730 g/mol. The third kappa shape index (κ3) is 7.50. The topological polar surface area (TPSA) is 144 Å². The minimum Gasteiger partial charge on any atom is -0.493 e. The average Bonchev–Trinajstić information content (AvgIpc) is 3.87. The first-order chi connectivity index (χ1) is 24.8. The van der Waals surface area contributed by atoms with Crippen molar-refractivity contribution in [2.45, 2.75) is 50.9 Å². The highest BCUT2D eigenvalue weighted by Gasteiger charge is 2.23. The van der Waals surface area contributed by atoms with Crippen LogP contribution in [0.2, 0.25) is 10.0 Å². The number of nitrogens with zero attached hydrogens (tertiary/aromatic N) is 4. The molecule has 14 heteroatoms. The Kier molecular flexibility index (Phi) is 10.4. The molecule has 2 amide bonds. The molecule has 2 atom stereocenters. The molecule has 2 aliphatic rings. The van der Waals surface area contributed by atoms with E-state index in [1.165, 1.54) is 0 Å². The number of rotatable bonds is 13. The molecular weight excluding hydrogens is 691 g/mol. The van der Waals surface area contributed by atoms with Crippen molar-refractivity contribution < 1.29 is 19.1 Å². The van der Waals surface area contributed by atoms with Gasteiger partial charge in [0.15, 0.2) is 11.4 Å². The smallest absolute Gasteiger partial charge is 0.220 e. The van der Waals surface area contributed by atoms with Crippen LogP contribution in [0.15, 0.2) is 61.1 Å². The van der Waals surface area contributed by atoms with Gasteiger partial charge in [-0.3, -0.25) is 14.6 Å². The van der Waals surface area contributed by atoms with E-state index in [9.17, 15) is 9.59 Å². The minimum atomic E-state index is 0.0946. The predicted molar refractivity (Wildman–Crippen MR) is 196 cm³/mol. The highest BCUT2D eigenvalue weighted by atomic mass is 35.5. The Balaban J connectivity index is 1.12. The zero-order valence-electron chi connectivity index (χ0n) is 28.3. The number of carbonyl (C=O) groups is 2. The fraction of sp³-hybridized carbons (Fsp3) is 0.324. The Morgan fingerprint density at radius 3 is 2.24 bits per heavy atom. The van der Waals surface area contributed by atoms with Gasteiger partial charge in [0.1, 0.15) is 0 Å². The summed E-state index contributed by atoms with van der Waals surface area (Å²) in [5, 5.41) is 13.7. The number of methoxy groups -OCH3 is 2. The molecule has 2 fully saturated rings. The second-order valence-corrected chi connectivity index (χ2v) is 13.4. The van der Waals surface area contributed by atoms with Gasteiger partial charge in [-0.05, 0) is 31.0 Å². The summed E-state index contributed by atoms with van der Waals surface area (Å²) in [4.78, 5) is 37.3. The number of ether oxygens (including phenoxy) is 2. The number of hydrogen-bond acceptors (Lipinski definition) is 9. The van der Waals surface area contributed by atoms with E-state index in [4.69, 9.17) is 42.6 Å². The fourth-order valence-corrected chi connectivity index (χ4v) is 7.27. The van der Waals surface area contributed by atoms with Gasteiger partial charge >= 0.3 is 0 Å². The lowest BCUT2D eigenvalue weighted by molar-refractivity contribution is -0.120. The van der Waals surface area contributed by atoms with Crippen LogP contribution in [0, 0.1) is 0 Å². The molecule has 12 nitrogen and oxygen atoms in total. The summed E-state index contributed by atoms with van der Waals surface area (Å²) in [6.07, 6.45) is 8.38. The van der Waals surface area contributed by atoms with Gasteiger partial charge in [0.2, 0.25) is 17.7 Å². The molecule has 0 bridgehead atoms. The van der Waals surface area contributed by atoms with Crippen molar-refractivity contribution in [2.24, 2.45) is 0 Å². The van der Waals surface area contributed by atoms with Crippen LogP contribution in [0.25, 0.3) is 39.3 Å². The molecule has 0 radical (unpaired) electrons. The van der Waals surface area contributed by atoms with Crippen LogP contribution < -0.4 is 30.7 Å². The Morgan fingerprint density at radius 2 is 1.55 bits per heavy atom. The first-order valence-electron chi connectivity index (χ1n) is 16.8. The molecule has 4 aromatic heterocycles. The van der Waals surface area contributed by atoms with Crippen LogP contribution in [-0.4, -0.2) is 70.6 Å². The number of pyridine rings is 3. The molecule has 0 spiro atoms. The van der Waals surface area contributed by atoms with Crippen LogP contribution >= 0.6 is 23.2 Å². The number of nitrogens with one attached hydrogen (secondary N) is 4. The molecular formula is C37H38Cl2N8O4. The van der Waals surface area contributed by atoms with E-state index in [1.807, 2.05) is 59.3 Å². The van der Waals surface area contributed by atoms with Crippen LogP contribution in [0.4, 0.5) is 0 Å². The molecule has 2 saturated heterocycles. The van der Waals surface area contributed by atoms with Crippen LogP contribution in [-0.2, 0) is 22.7 Å². The number of benzene rings is 1. The SMILES string of the molecule is COc1nc(-c2cccc(-c3ccnc(-c4cc(OC)c5nc(CNC[C@@H]6CCC(=O)N6)cn5c4)c3Cl)c2Cl)ccc1CNC[C@H]1CCC(=O)N1. The highest BCUT2D eigenvalue weighted by Crippen LogP contribution is 2.42. The molecule has 0 saturated carbocycles. The van der Waals surface area contributed by atoms with Crippen molar-refractivity contribution in [1.29, 1.82) is 0 Å². The molecule has 0 unspecified atom stereocenters. The third-order valence-electron chi connectivity index (χ3n) is 9.22. The Morgan fingerprint density at radius 1 is 0.843 bits per heavy atom. The minimum absolute atomic E-state index is 0.0946. The van der Waals surface area contributed by atoms with Crippen molar-refractivity contribution in [1.82, 2.24) is 40.6 Å². The molecule has 2 aliphatic heterocycles. The Labute approximate surface area is 305 Å². The summed E-state index contributed by atoms with van der Waals surface area (Å²) >= 11 is 14.2. The maximum absolute atomic E-state index is 11.5. The van der Waals surface area contributed by atoms with E-state index in [1.54, 1.807) is 20.4 Å². The van der Waals surface area contributed by atoms with E-state index in [-0.39, 0.29) is 23.9 Å². The van der Waals surface area contributed by atoms with Crippen molar-refractivity contribution in [3.8, 4) is 45.3 Å². The number of aromatic nitrogens is 4. The van der Waals surface area contributed by atoms with Gasteiger partial charge in [-0.15, -0.1) is 0 Å². The normalized spacial score (nSPS) is 17.2. The standard InChI is InChI=1S/C37H38Cl2N8O4/c1-50-30-14-22(19-47-20-25(45-36(30)47)18-41-17-24-8-11-32(49)44-24)35-34(39)27(12-13-42-35)26-4-3-5-28(33(26)38)29-9-6-21(37(46-29)51-2)15-40-16-23-7-10-31(48)43-23/h3-6,9,12-14,19-20,23-24,40-41H,7-8,10-11,15-18H2,1-2H3,(H,43,48)(H,44,49)/t23-,24+/m1/s1. The van der Waals surface area contributed by atoms with Crippen LogP contribution in [0.5, 0.6) is 11.6 Å². The quantitative estimate of drug-likeness (QED) is 0.129. The van der Waals surface area contributed by atoms with Gasteiger partial charge in [0.05, 0.1) is 41.3 Å². The summed E-state index contributed by atoms with van der Waals surface area (Å²) in [6.45, 7) is 2.43. The lowest BCUT2D eigenvalue weighted by Crippen LogP contribution is -2.35. The zero-order chi connectivity index (χ0) is 35.5. The molecule has 5 aromatic rings. The summed E-state index contributed by atoms with van der Waals surface area (Å²) in [5.74, 6) is 1.26. The summed E-state index contributed by atoms with van der Waals surface area (Å²) in [6, 6.07) is 13.6. The number of amides is 2. The monoisotopic (exact) mass is 728 g/mol. The van der Waals surface area contributed by atoms with E-state index in [0.29, 0.717) is 83.3 Å². The van der Waals surface area contributed by atoms with E-state index in [0.717, 1.165) is 40.8 Å². The molecule has 0 aliphatic carbocycles. The number of fused-ring (bicyclic) bond motifs is 1. The summed E-state index contributed by atoms with van der Waals surface area (Å²) < 4.78 is 13.3. The van der Waals surface area contributed by atoms with Crippen molar-refractivity contribution in [3.63, 3.8) is 0 Å². The van der Waals surface area contributed by atoms with E-state index in [2.05, 4.69) is 26.3 Å². The van der Waals surface area contributed by atoms with Gasteiger partial charge < -0.3 is 35.1 Å². The Hall–Kier alpha value is -4.75. The van der Waals surface area contributed by atoms with Crippen molar-refractivity contribution in [3.05, 3.63) is 82.4 Å². The van der Waals surface area contributed by atoms with Gasteiger partial charge in [-0.25, -0.2) is 9.97 Å². The first kappa shape index (κ1) is 34.7. The zero-order valence-corrected chi connectivity index (χ0v) is 29.8. The van der Waals surface area contributed by atoms with Gasteiger partial charge in [-0.2, -0.15) is 0 Å². The first-order valence-corrected chi connectivity index (χ1v) is 17.6. The molecule has 6 heterocycles.